The molecule has 0 saturated carbocycles. The highest BCUT2D eigenvalue weighted by molar-refractivity contribution is 7.92. The van der Waals surface area contributed by atoms with E-state index >= 15 is 0 Å². The number of nitrogens with one attached hydrogen (secondary N) is 1. The predicted octanol–water partition coefficient (Wildman–Crippen LogP) is 5.01. The van der Waals surface area contributed by atoms with E-state index in [2.05, 4.69) is 5.32 Å². The molecule has 0 bridgehead atoms. The average molecular weight is 493 g/mol. The summed E-state index contributed by atoms with van der Waals surface area (Å²) < 4.78 is 34.0. The summed E-state index contributed by atoms with van der Waals surface area (Å²) >= 11 is 0. The van der Waals surface area contributed by atoms with Crippen molar-refractivity contribution in [3.8, 4) is 5.75 Å². The number of carbonyl (C=O) groups excluding carboxylic acids is 1. The molecule has 6 nitrogen and oxygen atoms in total. The van der Waals surface area contributed by atoms with E-state index in [1.165, 1.54) is 4.31 Å². The van der Waals surface area contributed by atoms with Crippen LogP contribution in [0.15, 0.2) is 65.6 Å². The molecule has 1 amide bonds. The van der Waals surface area contributed by atoms with Crippen molar-refractivity contribution in [1.82, 2.24) is 5.32 Å². The van der Waals surface area contributed by atoms with Gasteiger partial charge >= 0.3 is 0 Å². The van der Waals surface area contributed by atoms with Gasteiger partial charge < -0.3 is 10.1 Å². The van der Waals surface area contributed by atoms with Gasteiger partial charge in [-0.05, 0) is 92.6 Å². The normalized spacial score (nSPS) is 15.3. The van der Waals surface area contributed by atoms with Gasteiger partial charge in [0.05, 0.1) is 23.7 Å². The molecule has 184 valence electrons. The number of nitrogens with zero attached hydrogens (tertiary/aromatic N) is 1. The lowest BCUT2D eigenvalue weighted by atomic mass is 9.87. The SMILES string of the molecule is COc1ccc2c(c1)CCCC2NC(=O)CN(c1cc(C)ccc1C)S(=O)(=O)c1ccc(C)cc1. The first kappa shape index (κ1) is 24.8. The van der Waals surface area contributed by atoms with Crippen molar-refractivity contribution in [2.24, 2.45) is 0 Å². The molecule has 0 heterocycles. The molecule has 0 radical (unpaired) electrons. The first-order valence-electron chi connectivity index (χ1n) is 11.8. The summed E-state index contributed by atoms with van der Waals surface area (Å²) in [4.78, 5) is 13.5. The molecule has 1 N–H and O–H groups in total. The first-order valence-corrected chi connectivity index (χ1v) is 13.3. The zero-order valence-corrected chi connectivity index (χ0v) is 21.5. The number of aryl methyl sites for hydroxylation is 4. The number of sulfonamides is 1. The van der Waals surface area contributed by atoms with E-state index in [9.17, 15) is 13.2 Å². The molecule has 0 saturated heterocycles. The van der Waals surface area contributed by atoms with Crippen molar-refractivity contribution < 1.29 is 17.9 Å². The molecule has 35 heavy (non-hydrogen) atoms. The van der Waals surface area contributed by atoms with Crippen LogP contribution in [0.1, 0.15) is 46.7 Å². The molecule has 7 heteroatoms. The minimum absolute atomic E-state index is 0.159. The standard InChI is InChI=1S/C28H32N2O4S/c1-19-9-13-24(14-10-19)35(32,33)30(27-16-20(2)8-11-21(27)3)18-28(31)29-26-7-5-6-22-17-23(34-4)12-15-25(22)26/h8-17,26H,5-7,18H2,1-4H3,(H,29,31). The number of hydrogen-bond acceptors (Lipinski definition) is 4. The Balaban J connectivity index is 1.65. The van der Waals surface area contributed by atoms with E-state index in [1.54, 1.807) is 31.4 Å². The lowest BCUT2D eigenvalue weighted by molar-refractivity contribution is -0.120. The summed E-state index contributed by atoms with van der Waals surface area (Å²) in [5.41, 5.74) is 5.39. The molecule has 1 atom stereocenters. The molecule has 1 unspecified atom stereocenters. The van der Waals surface area contributed by atoms with Crippen LogP contribution < -0.4 is 14.4 Å². The van der Waals surface area contributed by atoms with Crippen molar-refractivity contribution >= 4 is 21.6 Å². The molecule has 0 aromatic heterocycles. The number of methoxy groups -OCH3 is 1. The van der Waals surface area contributed by atoms with Crippen LogP contribution in [0.3, 0.4) is 0 Å². The number of rotatable bonds is 7. The van der Waals surface area contributed by atoms with Crippen LogP contribution in [-0.4, -0.2) is 28.0 Å². The summed E-state index contributed by atoms with van der Waals surface area (Å²) in [7, 11) is -2.32. The lowest BCUT2D eigenvalue weighted by Crippen LogP contribution is -2.42. The zero-order chi connectivity index (χ0) is 25.2. The molecular formula is C28H32N2O4S. The van der Waals surface area contributed by atoms with E-state index in [1.807, 2.05) is 57.2 Å². The number of hydrogen-bond donors (Lipinski definition) is 1. The molecule has 0 aliphatic heterocycles. The predicted molar refractivity (Wildman–Crippen MR) is 138 cm³/mol. The number of fused-ring (bicyclic) bond motifs is 1. The largest absolute Gasteiger partial charge is 0.497 e. The lowest BCUT2D eigenvalue weighted by Gasteiger charge is -2.29. The van der Waals surface area contributed by atoms with E-state index in [0.717, 1.165) is 52.8 Å². The fraction of sp³-hybridized carbons (Fsp3) is 0.321. The van der Waals surface area contributed by atoms with Crippen molar-refractivity contribution in [2.75, 3.05) is 18.0 Å². The molecule has 1 aliphatic rings. The van der Waals surface area contributed by atoms with Gasteiger partial charge in [-0.25, -0.2) is 8.42 Å². The van der Waals surface area contributed by atoms with E-state index < -0.39 is 10.0 Å². The van der Waals surface area contributed by atoms with Crippen molar-refractivity contribution in [1.29, 1.82) is 0 Å². The van der Waals surface area contributed by atoms with Crippen LogP contribution in [-0.2, 0) is 21.2 Å². The second-order valence-electron chi connectivity index (χ2n) is 9.19. The fourth-order valence-electron chi connectivity index (χ4n) is 4.56. The third-order valence-corrected chi connectivity index (χ3v) is 8.30. The van der Waals surface area contributed by atoms with Crippen LogP contribution >= 0.6 is 0 Å². The average Bonchev–Trinajstić information content (AvgIpc) is 2.84. The van der Waals surface area contributed by atoms with Crippen LogP contribution in [0.4, 0.5) is 5.69 Å². The third kappa shape index (κ3) is 5.35. The topological polar surface area (TPSA) is 75.7 Å². The van der Waals surface area contributed by atoms with Crippen LogP contribution in [0, 0.1) is 20.8 Å². The second kappa shape index (κ2) is 10.1. The molecule has 3 aromatic rings. The fourth-order valence-corrected chi connectivity index (χ4v) is 6.04. The highest BCUT2D eigenvalue weighted by Crippen LogP contribution is 2.33. The molecule has 0 fully saturated rings. The van der Waals surface area contributed by atoms with Crippen LogP contribution in [0.25, 0.3) is 0 Å². The third-order valence-electron chi connectivity index (χ3n) is 6.53. The number of carbonyl (C=O) groups is 1. The van der Waals surface area contributed by atoms with Gasteiger partial charge in [0.1, 0.15) is 12.3 Å². The van der Waals surface area contributed by atoms with Gasteiger partial charge in [0, 0.05) is 0 Å². The maximum absolute atomic E-state index is 13.7. The summed E-state index contributed by atoms with van der Waals surface area (Å²) in [6, 6.07) is 18.1. The van der Waals surface area contributed by atoms with Gasteiger partial charge in [-0.1, -0.05) is 35.9 Å². The van der Waals surface area contributed by atoms with Crippen LogP contribution in [0.2, 0.25) is 0 Å². The Bertz CT molecular complexity index is 1330. The van der Waals surface area contributed by atoms with Crippen LogP contribution in [0.5, 0.6) is 5.75 Å². The maximum atomic E-state index is 13.7. The van der Waals surface area contributed by atoms with Crippen molar-refractivity contribution in [2.45, 2.75) is 51.0 Å². The number of amides is 1. The summed E-state index contributed by atoms with van der Waals surface area (Å²) in [5, 5.41) is 3.09. The minimum Gasteiger partial charge on any atom is -0.497 e. The Morgan fingerprint density at radius 3 is 2.43 bits per heavy atom. The summed E-state index contributed by atoms with van der Waals surface area (Å²) in [6.45, 7) is 5.37. The number of anilines is 1. The number of benzene rings is 3. The Morgan fingerprint density at radius 2 is 1.71 bits per heavy atom. The smallest absolute Gasteiger partial charge is 0.264 e. The Hall–Kier alpha value is -3.32. The summed E-state index contributed by atoms with van der Waals surface area (Å²) in [6.07, 6.45) is 2.67. The maximum Gasteiger partial charge on any atom is 0.264 e. The van der Waals surface area contributed by atoms with E-state index in [0.29, 0.717) is 5.69 Å². The monoisotopic (exact) mass is 492 g/mol. The highest BCUT2D eigenvalue weighted by atomic mass is 32.2. The molecule has 4 rings (SSSR count). The van der Waals surface area contributed by atoms with Gasteiger partial charge in [-0.15, -0.1) is 0 Å². The molecule has 3 aromatic carbocycles. The van der Waals surface area contributed by atoms with Crippen molar-refractivity contribution in [3.63, 3.8) is 0 Å². The van der Waals surface area contributed by atoms with Gasteiger partial charge in [0.2, 0.25) is 5.91 Å². The van der Waals surface area contributed by atoms with Gasteiger partial charge in [-0.2, -0.15) is 0 Å². The van der Waals surface area contributed by atoms with Crippen molar-refractivity contribution in [3.05, 3.63) is 88.5 Å². The summed E-state index contributed by atoms with van der Waals surface area (Å²) in [5.74, 6) is 0.455. The van der Waals surface area contributed by atoms with Gasteiger partial charge in [0.15, 0.2) is 0 Å². The van der Waals surface area contributed by atoms with E-state index in [4.69, 9.17) is 4.74 Å². The van der Waals surface area contributed by atoms with Gasteiger partial charge in [0.25, 0.3) is 10.0 Å². The molecule has 0 spiro atoms. The number of ether oxygens (including phenoxy) is 1. The molecule has 1 aliphatic carbocycles. The zero-order valence-electron chi connectivity index (χ0n) is 20.7. The van der Waals surface area contributed by atoms with E-state index in [-0.39, 0.29) is 23.4 Å². The van der Waals surface area contributed by atoms with Gasteiger partial charge in [-0.3, -0.25) is 9.10 Å². The highest BCUT2D eigenvalue weighted by Gasteiger charge is 2.30. The molecular weight excluding hydrogens is 460 g/mol. The Labute approximate surface area is 208 Å². The Morgan fingerprint density at radius 1 is 1.00 bits per heavy atom. The second-order valence-corrected chi connectivity index (χ2v) is 11.1. The minimum atomic E-state index is -3.96. The first-order chi connectivity index (χ1) is 16.7. The Kier molecular flexibility index (Phi) is 7.17. The quantitative estimate of drug-likeness (QED) is 0.503.